The van der Waals surface area contributed by atoms with Crippen molar-refractivity contribution in [2.75, 3.05) is 31.5 Å². The third-order valence-corrected chi connectivity index (χ3v) is 7.25. The minimum atomic E-state index is 0.0119. The Labute approximate surface area is 219 Å². The summed E-state index contributed by atoms with van der Waals surface area (Å²) in [6.07, 6.45) is 1.05. The van der Waals surface area contributed by atoms with Gasteiger partial charge in [0, 0.05) is 68.8 Å². The molecule has 2 aromatic heterocycles. The zero-order chi connectivity index (χ0) is 25.8. The maximum absolute atomic E-state index is 12.7. The lowest BCUT2D eigenvalue weighted by Gasteiger charge is -2.34. The van der Waals surface area contributed by atoms with Gasteiger partial charge in [0.15, 0.2) is 5.65 Å². The van der Waals surface area contributed by atoms with E-state index >= 15 is 0 Å². The number of hydrogen-bond acceptors (Lipinski definition) is 5. The highest BCUT2D eigenvalue weighted by atomic mass is 16.1. The third kappa shape index (κ3) is 6.24. The molecule has 1 saturated heterocycles. The number of rotatable bonds is 8. The summed E-state index contributed by atoms with van der Waals surface area (Å²) in [5.74, 6) is 0.0119. The summed E-state index contributed by atoms with van der Waals surface area (Å²) >= 11 is 0. The molecule has 0 saturated carbocycles. The van der Waals surface area contributed by atoms with Crippen molar-refractivity contribution in [3.05, 3.63) is 94.4 Å². The van der Waals surface area contributed by atoms with Gasteiger partial charge in [0.2, 0.25) is 5.91 Å². The molecular weight excluding hydrogens is 460 g/mol. The Bertz CT molecular complexity index is 1350. The number of anilines is 1. The van der Waals surface area contributed by atoms with E-state index in [1.54, 1.807) is 0 Å². The first-order valence-corrected chi connectivity index (χ1v) is 13.1. The van der Waals surface area contributed by atoms with E-state index in [-0.39, 0.29) is 5.91 Å². The summed E-state index contributed by atoms with van der Waals surface area (Å²) in [4.78, 5) is 22.4. The van der Waals surface area contributed by atoms with Crippen LogP contribution in [-0.2, 0) is 24.3 Å². The van der Waals surface area contributed by atoms with Crippen LogP contribution in [0.3, 0.4) is 0 Å². The van der Waals surface area contributed by atoms with Crippen molar-refractivity contribution in [2.24, 2.45) is 0 Å². The molecule has 3 heterocycles. The molecule has 192 valence electrons. The highest BCUT2D eigenvalue weighted by Crippen LogP contribution is 2.18. The normalized spacial score (nSPS) is 14.8. The molecule has 2 aromatic carbocycles. The Morgan fingerprint density at radius 3 is 2.14 bits per heavy atom. The van der Waals surface area contributed by atoms with E-state index in [0.717, 1.165) is 73.2 Å². The Morgan fingerprint density at radius 1 is 0.865 bits per heavy atom. The maximum atomic E-state index is 12.7. The fourth-order valence-corrected chi connectivity index (χ4v) is 5.16. The van der Waals surface area contributed by atoms with Crippen molar-refractivity contribution in [3.63, 3.8) is 0 Å². The summed E-state index contributed by atoms with van der Waals surface area (Å²) in [6.45, 7) is 12.3. The first-order valence-electron chi connectivity index (χ1n) is 13.1. The molecule has 1 amide bonds. The number of benzene rings is 2. The molecule has 37 heavy (non-hydrogen) atoms. The van der Waals surface area contributed by atoms with Crippen LogP contribution in [0.1, 0.15) is 40.2 Å². The van der Waals surface area contributed by atoms with Crippen LogP contribution < -0.4 is 5.32 Å². The highest BCUT2D eigenvalue weighted by molar-refractivity contribution is 5.90. The topological polar surface area (TPSA) is 65.8 Å². The molecule has 7 nitrogen and oxygen atoms in total. The van der Waals surface area contributed by atoms with E-state index < -0.39 is 0 Å². The molecule has 4 aromatic rings. The molecule has 0 aliphatic carbocycles. The molecule has 1 N–H and O–H groups in total. The highest BCUT2D eigenvalue weighted by Gasteiger charge is 2.17. The lowest BCUT2D eigenvalue weighted by Crippen LogP contribution is -2.45. The van der Waals surface area contributed by atoms with Gasteiger partial charge in [-0.3, -0.25) is 14.6 Å². The summed E-state index contributed by atoms with van der Waals surface area (Å²) in [5.41, 5.74) is 8.39. The number of nitrogens with zero attached hydrogens (tertiary/aromatic N) is 5. The predicted octanol–water partition coefficient (Wildman–Crippen LogP) is 4.54. The average molecular weight is 497 g/mol. The Kier molecular flexibility index (Phi) is 7.63. The van der Waals surface area contributed by atoms with Gasteiger partial charge in [0.25, 0.3) is 0 Å². The maximum Gasteiger partial charge on any atom is 0.224 e. The third-order valence-electron chi connectivity index (χ3n) is 7.25. The van der Waals surface area contributed by atoms with E-state index in [0.29, 0.717) is 12.8 Å². The van der Waals surface area contributed by atoms with Gasteiger partial charge in [0.1, 0.15) is 0 Å². The Morgan fingerprint density at radius 2 is 1.49 bits per heavy atom. The van der Waals surface area contributed by atoms with Crippen LogP contribution >= 0.6 is 0 Å². The van der Waals surface area contributed by atoms with Crippen LogP contribution in [0.2, 0.25) is 0 Å². The molecule has 0 atom stereocenters. The number of nitrogens with one attached hydrogen (secondary N) is 1. The molecule has 5 rings (SSSR count). The lowest BCUT2D eigenvalue weighted by atomic mass is 10.1. The number of carbonyl (C=O) groups excluding carboxylic acids is 1. The van der Waals surface area contributed by atoms with Crippen LogP contribution in [0.4, 0.5) is 5.69 Å². The van der Waals surface area contributed by atoms with Gasteiger partial charge in [-0.1, -0.05) is 42.5 Å². The number of fused-ring (bicyclic) bond motifs is 1. The molecule has 1 fully saturated rings. The summed E-state index contributed by atoms with van der Waals surface area (Å²) in [7, 11) is 0. The number of hydrogen-bond donors (Lipinski definition) is 1. The van der Waals surface area contributed by atoms with Gasteiger partial charge in [-0.25, -0.2) is 9.50 Å². The SMILES string of the molecule is Cc1cc2nc(C)c(CCC(=O)Nc3ccc(CN4CCN(Cc5ccccc5)CC4)cc3)c(C)n2n1. The van der Waals surface area contributed by atoms with Gasteiger partial charge >= 0.3 is 0 Å². The fourth-order valence-electron chi connectivity index (χ4n) is 5.16. The largest absolute Gasteiger partial charge is 0.326 e. The predicted molar refractivity (Wildman–Crippen MR) is 148 cm³/mol. The van der Waals surface area contributed by atoms with Crippen LogP contribution in [0.25, 0.3) is 5.65 Å². The number of aryl methyl sites for hydroxylation is 3. The second-order valence-corrected chi connectivity index (χ2v) is 10.1. The van der Waals surface area contributed by atoms with Crippen LogP contribution in [0.5, 0.6) is 0 Å². The summed E-state index contributed by atoms with van der Waals surface area (Å²) < 4.78 is 1.87. The van der Waals surface area contributed by atoms with Crippen LogP contribution in [0, 0.1) is 20.8 Å². The van der Waals surface area contributed by atoms with Crippen LogP contribution in [0.15, 0.2) is 60.7 Å². The molecule has 0 unspecified atom stereocenters. The minimum Gasteiger partial charge on any atom is -0.326 e. The first kappa shape index (κ1) is 25.1. The molecule has 0 bridgehead atoms. The second-order valence-electron chi connectivity index (χ2n) is 10.1. The average Bonchev–Trinajstić information content (AvgIpc) is 3.27. The van der Waals surface area contributed by atoms with E-state index in [1.165, 1.54) is 11.1 Å². The number of carbonyl (C=O) groups is 1. The number of piperazine rings is 1. The van der Waals surface area contributed by atoms with Crippen molar-refractivity contribution >= 4 is 17.2 Å². The van der Waals surface area contributed by atoms with Crippen molar-refractivity contribution in [1.29, 1.82) is 0 Å². The standard InChI is InChI=1S/C30H36N6O/c1-22-19-29-31-23(2)28(24(3)36(29)33-22)13-14-30(37)32-27-11-9-26(10-12-27)21-35-17-15-34(16-18-35)20-25-7-5-4-6-8-25/h4-12,19H,13-18,20-21H2,1-3H3,(H,32,37). The zero-order valence-corrected chi connectivity index (χ0v) is 22.1. The molecule has 0 spiro atoms. The lowest BCUT2D eigenvalue weighted by molar-refractivity contribution is -0.116. The first-order chi connectivity index (χ1) is 17.9. The van der Waals surface area contributed by atoms with Gasteiger partial charge in [0.05, 0.1) is 5.69 Å². The van der Waals surface area contributed by atoms with Gasteiger partial charge < -0.3 is 5.32 Å². The fraction of sp³-hybridized carbons (Fsp3) is 0.367. The van der Waals surface area contributed by atoms with Gasteiger partial charge in [-0.15, -0.1) is 0 Å². The quantitative estimate of drug-likeness (QED) is 0.388. The molecule has 7 heteroatoms. The monoisotopic (exact) mass is 496 g/mol. The van der Waals surface area contributed by atoms with Crippen molar-refractivity contribution in [1.82, 2.24) is 24.4 Å². The summed E-state index contributed by atoms with van der Waals surface area (Å²) in [6, 6.07) is 20.9. The molecule has 1 aliphatic heterocycles. The molecule has 0 radical (unpaired) electrons. The Balaban J connectivity index is 1.09. The zero-order valence-electron chi connectivity index (χ0n) is 22.1. The van der Waals surface area contributed by atoms with Gasteiger partial charge in [-0.05, 0) is 56.0 Å². The van der Waals surface area contributed by atoms with E-state index in [2.05, 4.69) is 67.7 Å². The van der Waals surface area contributed by atoms with Crippen molar-refractivity contribution < 1.29 is 4.79 Å². The summed E-state index contributed by atoms with van der Waals surface area (Å²) in [5, 5.41) is 7.58. The Hall–Kier alpha value is -3.55. The van der Waals surface area contributed by atoms with Gasteiger partial charge in [-0.2, -0.15) is 5.10 Å². The second kappa shape index (κ2) is 11.2. The van der Waals surface area contributed by atoms with Crippen molar-refractivity contribution in [3.8, 4) is 0 Å². The molecular formula is C30H36N6O. The minimum absolute atomic E-state index is 0.0119. The number of aromatic nitrogens is 3. The number of amides is 1. The van der Waals surface area contributed by atoms with Crippen molar-refractivity contribution in [2.45, 2.75) is 46.7 Å². The molecule has 1 aliphatic rings. The van der Waals surface area contributed by atoms with E-state index in [9.17, 15) is 4.79 Å². The smallest absolute Gasteiger partial charge is 0.224 e. The van der Waals surface area contributed by atoms with Crippen LogP contribution in [-0.4, -0.2) is 56.5 Å². The van der Waals surface area contributed by atoms with E-state index in [4.69, 9.17) is 0 Å². The van der Waals surface area contributed by atoms with E-state index in [1.807, 2.05) is 43.5 Å².